The van der Waals surface area contributed by atoms with Crippen LogP contribution in [0.15, 0.2) is 24.3 Å². The molecule has 1 aliphatic rings. The van der Waals surface area contributed by atoms with Crippen molar-refractivity contribution < 1.29 is 27.8 Å². The summed E-state index contributed by atoms with van der Waals surface area (Å²) in [7, 11) is 0. The van der Waals surface area contributed by atoms with Crippen molar-refractivity contribution in [3.8, 4) is 5.75 Å². The number of halogens is 4. The minimum Gasteiger partial charge on any atom is -0.493 e. The van der Waals surface area contributed by atoms with Gasteiger partial charge in [0.2, 0.25) is 5.95 Å². The fourth-order valence-electron chi connectivity index (χ4n) is 3.06. The van der Waals surface area contributed by atoms with E-state index >= 15 is 0 Å². The van der Waals surface area contributed by atoms with Crippen molar-refractivity contribution in [2.24, 2.45) is 5.92 Å². The maximum Gasteiger partial charge on any atom is 0.421 e. The highest BCUT2D eigenvalue weighted by Crippen LogP contribution is 2.41. The normalized spacial score (nSPS) is 17.0. The zero-order chi connectivity index (χ0) is 20.5. The van der Waals surface area contributed by atoms with Crippen molar-refractivity contribution in [2.45, 2.75) is 19.5 Å². The van der Waals surface area contributed by atoms with Crippen molar-refractivity contribution in [1.29, 1.82) is 0 Å². The first-order valence-corrected chi connectivity index (χ1v) is 8.85. The number of anilines is 1. The Balaban J connectivity index is 1.68. The van der Waals surface area contributed by atoms with Crippen LogP contribution in [-0.2, 0) is 6.18 Å². The molecule has 0 unspecified atom stereocenters. The molecule has 0 radical (unpaired) electrons. The van der Waals surface area contributed by atoms with Gasteiger partial charge < -0.3 is 14.7 Å². The molecule has 1 atom stereocenters. The Morgan fingerprint density at radius 2 is 2.14 bits per heavy atom. The predicted molar refractivity (Wildman–Crippen MR) is 96.0 cm³/mol. The van der Waals surface area contributed by atoms with E-state index < -0.39 is 22.7 Å². The smallest absolute Gasteiger partial charge is 0.421 e. The number of hydrogen-bond acceptors (Lipinski definition) is 5. The number of carboxylic acids is 1. The minimum atomic E-state index is -4.61. The second-order valence-electron chi connectivity index (χ2n) is 6.52. The summed E-state index contributed by atoms with van der Waals surface area (Å²) in [5.74, 6) is -1.22. The first kappa shape index (κ1) is 20.2. The van der Waals surface area contributed by atoms with Crippen LogP contribution in [-0.4, -0.2) is 40.7 Å². The Labute approximate surface area is 163 Å². The summed E-state index contributed by atoms with van der Waals surface area (Å²) in [4.78, 5) is 21.2. The first-order valence-electron chi connectivity index (χ1n) is 8.47. The summed E-state index contributed by atoms with van der Waals surface area (Å²) in [5.41, 5.74) is -0.563. The second-order valence-corrected chi connectivity index (χ2v) is 6.93. The van der Waals surface area contributed by atoms with Gasteiger partial charge in [-0.1, -0.05) is 17.7 Å². The summed E-state index contributed by atoms with van der Waals surface area (Å²) < 4.78 is 45.0. The van der Waals surface area contributed by atoms with Gasteiger partial charge in [0.05, 0.1) is 11.6 Å². The number of ether oxygens (including phenoxy) is 1. The number of aromatic carboxylic acids is 1. The molecule has 0 amide bonds. The van der Waals surface area contributed by atoms with E-state index in [1.54, 1.807) is 11.8 Å². The zero-order valence-corrected chi connectivity index (χ0v) is 15.6. The maximum absolute atomic E-state index is 13.2. The molecule has 6 nitrogen and oxygen atoms in total. The molecule has 3 rings (SSSR count). The molecule has 2 heterocycles. The van der Waals surface area contributed by atoms with Gasteiger partial charge in [0, 0.05) is 24.7 Å². The largest absolute Gasteiger partial charge is 0.493 e. The van der Waals surface area contributed by atoms with Gasteiger partial charge in [-0.15, -0.1) is 0 Å². The van der Waals surface area contributed by atoms with Gasteiger partial charge in [0.25, 0.3) is 0 Å². The molecule has 1 fully saturated rings. The third kappa shape index (κ3) is 4.46. The molecule has 1 aromatic carbocycles. The van der Waals surface area contributed by atoms with Gasteiger partial charge in [0.15, 0.2) is 5.69 Å². The van der Waals surface area contributed by atoms with Crippen molar-refractivity contribution in [3.05, 3.63) is 46.2 Å². The highest BCUT2D eigenvalue weighted by atomic mass is 35.5. The predicted octanol–water partition coefficient (Wildman–Crippen LogP) is 4.06. The molecule has 0 saturated carbocycles. The number of alkyl halides is 3. The van der Waals surface area contributed by atoms with Crippen LogP contribution >= 0.6 is 11.6 Å². The number of carboxylic acid groups (broad SMARTS) is 1. The number of aromatic nitrogens is 2. The maximum atomic E-state index is 13.2. The number of hydrogen-bond donors (Lipinski definition) is 1. The lowest BCUT2D eigenvalue weighted by molar-refractivity contribution is -0.138. The summed E-state index contributed by atoms with van der Waals surface area (Å²) in [6.45, 7) is 2.74. The molecule has 0 aliphatic carbocycles. The Morgan fingerprint density at radius 1 is 1.39 bits per heavy atom. The van der Waals surface area contributed by atoms with Gasteiger partial charge >= 0.3 is 12.1 Å². The van der Waals surface area contributed by atoms with E-state index in [1.807, 2.05) is 0 Å². The fourth-order valence-corrected chi connectivity index (χ4v) is 3.33. The van der Waals surface area contributed by atoms with Crippen molar-refractivity contribution >= 4 is 23.5 Å². The quantitative estimate of drug-likeness (QED) is 0.793. The zero-order valence-electron chi connectivity index (χ0n) is 14.8. The van der Waals surface area contributed by atoms with Crippen LogP contribution in [0.4, 0.5) is 19.1 Å². The van der Waals surface area contributed by atoms with Crippen LogP contribution in [0.3, 0.4) is 0 Å². The number of nitrogens with zero attached hydrogens (tertiary/aromatic N) is 3. The number of benzene rings is 1. The second kappa shape index (κ2) is 7.83. The highest BCUT2D eigenvalue weighted by molar-refractivity contribution is 6.31. The average molecular weight is 416 g/mol. The highest BCUT2D eigenvalue weighted by Gasteiger charge is 2.37. The minimum absolute atomic E-state index is 0.0579. The van der Waals surface area contributed by atoms with E-state index in [0.717, 1.165) is 0 Å². The third-order valence-corrected chi connectivity index (χ3v) is 4.68. The average Bonchev–Trinajstić information content (AvgIpc) is 3.07. The van der Waals surface area contributed by atoms with Crippen LogP contribution in [0.2, 0.25) is 5.02 Å². The monoisotopic (exact) mass is 415 g/mol. The van der Waals surface area contributed by atoms with E-state index in [0.29, 0.717) is 31.2 Å². The fraction of sp³-hybridized carbons (Fsp3) is 0.389. The molecular weight excluding hydrogens is 399 g/mol. The Hall–Kier alpha value is -2.55. The van der Waals surface area contributed by atoms with Crippen LogP contribution in [0.5, 0.6) is 5.75 Å². The standard InChI is InChI=1S/C18H17ClF3N3O3/c1-10-7-13(16(26)27)24-17(23-10)25-6-5-11(8-25)9-28-14-4-2-3-12(19)15(14)18(20,21)22/h2-4,7,11H,5-6,8-9H2,1H3,(H,26,27)/t11-/m0/s1. The van der Waals surface area contributed by atoms with E-state index in [4.69, 9.17) is 21.4 Å². The molecule has 1 aromatic heterocycles. The number of rotatable bonds is 5. The topological polar surface area (TPSA) is 75.5 Å². The molecule has 1 saturated heterocycles. The summed E-state index contributed by atoms with van der Waals surface area (Å²) in [5, 5.41) is 8.71. The van der Waals surface area contributed by atoms with Gasteiger partial charge in [0.1, 0.15) is 11.3 Å². The van der Waals surface area contributed by atoms with E-state index in [-0.39, 0.29) is 24.0 Å². The Bertz CT molecular complexity index is 892. The van der Waals surface area contributed by atoms with Crippen LogP contribution in [0.1, 0.15) is 28.2 Å². The lowest BCUT2D eigenvalue weighted by Gasteiger charge is -2.19. The SMILES string of the molecule is Cc1cc(C(=O)O)nc(N2CC[C@H](COc3cccc(Cl)c3C(F)(F)F)C2)n1. The molecule has 150 valence electrons. The molecule has 28 heavy (non-hydrogen) atoms. The van der Waals surface area contributed by atoms with E-state index in [1.165, 1.54) is 24.3 Å². The summed E-state index contributed by atoms with van der Waals surface area (Å²) in [6, 6.07) is 5.19. The number of aryl methyl sites for hydroxylation is 1. The van der Waals surface area contributed by atoms with Crippen LogP contribution < -0.4 is 9.64 Å². The third-order valence-electron chi connectivity index (χ3n) is 4.36. The van der Waals surface area contributed by atoms with E-state index in [9.17, 15) is 18.0 Å². The van der Waals surface area contributed by atoms with Gasteiger partial charge in [-0.2, -0.15) is 13.2 Å². The lowest BCUT2D eigenvalue weighted by Crippen LogP contribution is -2.25. The Kier molecular flexibility index (Phi) is 5.64. The van der Waals surface area contributed by atoms with Gasteiger partial charge in [-0.05, 0) is 31.5 Å². The van der Waals surface area contributed by atoms with Crippen LogP contribution in [0, 0.1) is 12.8 Å². The molecule has 10 heteroatoms. The number of carbonyl (C=O) groups is 1. The molecule has 1 N–H and O–H groups in total. The first-order chi connectivity index (χ1) is 13.1. The summed E-state index contributed by atoms with van der Waals surface area (Å²) in [6.07, 6.45) is -3.96. The van der Waals surface area contributed by atoms with Crippen LogP contribution in [0.25, 0.3) is 0 Å². The van der Waals surface area contributed by atoms with Crippen molar-refractivity contribution in [3.63, 3.8) is 0 Å². The molecular formula is C18H17ClF3N3O3. The molecule has 2 aromatic rings. The molecule has 0 bridgehead atoms. The molecule has 0 spiro atoms. The van der Waals surface area contributed by atoms with Crippen molar-refractivity contribution in [1.82, 2.24) is 9.97 Å². The van der Waals surface area contributed by atoms with E-state index in [2.05, 4.69) is 9.97 Å². The van der Waals surface area contributed by atoms with Gasteiger partial charge in [-0.25, -0.2) is 14.8 Å². The Morgan fingerprint density at radius 3 is 2.82 bits per heavy atom. The van der Waals surface area contributed by atoms with Gasteiger partial charge in [-0.3, -0.25) is 0 Å². The summed E-state index contributed by atoms with van der Waals surface area (Å²) >= 11 is 5.70. The lowest BCUT2D eigenvalue weighted by atomic mass is 10.1. The van der Waals surface area contributed by atoms with Crippen molar-refractivity contribution in [2.75, 3.05) is 24.6 Å². The molecule has 1 aliphatic heterocycles.